The van der Waals surface area contributed by atoms with Crippen LogP contribution in [-0.4, -0.2) is 32.2 Å². The monoisotopic (exact) mass is 330 g/mol. The van der Waals surface area contributed by atoms with Crippen LogP contribution in [0, 0.1) is 0 Å². The number of hydrogen-bond acceptors (Lipinski definition) is 5. The fourth-order valence-electron chi connectivity index (χ4n) is 2.11. The molecule has 0 radical (unpaired) electrons. The van der Waals surface area contributed by atoms with E-state index >= 15 is 0 Å². The van der Waals surface area contributed by atoms with Gasteiger partial charge in [0.25, 0.3) is 5.56 Å². The van der Waals surface area contributed by atoms with Gasteiger partial charge in [0.05, 0.1) is 0 Å². The van der Waals surface area contributed by atoms with Gasteiger partial charge in [0.1, 0.15) is 17.7 Å². The van der Waals surface area contributed by atoms with Crippen molar-refractivity contribution in [2.45, 2.75) is 32.9 Å². The van der Waals surface area contributed by atoms with Crippen molar-refractivity contribution in [3.05, 3.63) is 52.7 Å². The maximum absolute atomic E-state index is 12.3. The molecule has 2 aromatic heterocycles. The van der Waals surface area contributed by atoms with E-state index in [9.17, 15) is 19.5 Å². The number of rotatable bonds is 4. The van der Waals surface area contributed by atoms with Crippen LogP contribution in [-0.2, 0) is 16.1 Å². The summed E-state index contributed by atoms with van der Waals surface area (Å²) in [6, 6.07) is 4.70. The van der Waals surface area contributed by atoms with E-state index in [-0.39, 0.29) is 6.54 Å². The molecule has 0 atom stereocenters. The van der Waals surface area contributed by atoms with E-state index in [2.05, 4.69) is 4.98 Å². The highest BCUT2D eigenvalue weighted by atomic mass is 16.6. The largest absolute Gasteiger partial charge is 0.477 e. The van der Waals surface area contributed by atoms with Gasteiger partial charge in [-0.05, 0) is 32.9 Å². The molecule has 0 aromatic carbocycles. The number of carbonyl (C=O) groups is 2. The van der Waals surface area contributed by atoms with Crippen LogP contribution in [0.2, 0.25) is 0 Å². The molecule has 7 nitrogen and oxygen atoms in total. The van der Waals surface area contributed by atoms with Crippen LogP contribution in [0.5, 0.6) is 0 Å². The Morgan fingerprint density at radius 2 is 2.00 bits per heavy atom. The minimum absolute atomic E-state index is 0.371. The fourth-order valence-corrected chi connectivity index (χ4v) is 2.11. The summed E-state index contributed by atoms with van der Waals surface area (Å²) in [6.07, 6.45) is 4.55. The summed E-state index contributed by atoms with van der Waals surface area (Å²) >= 11 is 0. The lowest BCUT2D eigenvalue weighted by Gasteiger charge is -2.20. The lowest BCUT2D eigenvalue weighted by Crippen LogP contribution is -2.32. The lowest BCUT2D eigenvalue weighted by atomic mass is 10.1. The number of pyridine rings is 2. The zero-order valence-corrected chi connectivity index (χ0v) is 13.6. The molecule has 0 unspecified atom stereocenters. The molecular formula is C17H18N2O5. The normalized spacial score (nSPS) is 11.1. The Bertz CT molecular complexity index is 819. The summed E-state index contributed by atoms with van der Waals surface area (Å²) in [7, 11) is 0. The number of esters is 1. The van der Waals surface area contributed by atoms with E-state index in [1.807, 2.05) is 0 Å². The van der Waals surface area contributed by atoms with E-state index in [0.717, 1.165) is 4.57 Å². The Labute approximate surface area is 138 Å². The predicted octanol–water partition coefficient (Wildman–Crippen LogP) is 1.95. The predicted molar refractivity (Wildman–Crippen MR) is 86.7 cm³/mol. The smallest absolute Gasteiger partial charge is 0.341 e. The summed E-state index contributed by atoms with van der Waals surface area (Å²) in [6.45, 7) is 4.76. The molecule has 0 aliphatic carbocycles. The second-order valence-electron chi connectivity index (χ2n) is 6.21. The third kappa shape index (κ3) is 4.28. The molecule has 0 saturated heterocycles. The van der Waals surface area contributed by atoms with Gasteiger partial charge in [-0.15, -0.1) is 0 Å². The average Bonchev–Trinajstić information content (AvgIpc) is 2.48. The van der Waals surface area contributed by atoms with E-state index in [0.29, 0.717) is 11.1 Å². The Kier molecular flexibility index (Phi) is 4.82. The van der Waals surface area contributed by atoms with Crippen molar-refractivity contribution in [3.8, 4) is 11.1 Å². The molecule has 0 spiro atoms. The number of aromatic carboxylic acids is 1. The Morgan fingerprint density at radius 1 is 1.29 bits per heavy atom. The van der Waals surface area contributed by atoms with Crippen molar-refractivity contribution >= 4 is 11.9 Å². The number of nitrogens with zero attached hydrogens (tertiary/aromatic N) is 2. The summed E-state index contributed by atoms with van der Waals surface area (Å²) in [5.41, 5.74) is -0.764. The molecule has 1 N–H and O–H groups in total. The fraction of sp³-hybridized carbons (Fsp3) is 0.294. The van der Waals surface area contributed by atoms with Crippen LogP contribution in [0.15, 0.2) is 41.6 Å². The van der Waals surface area contributed by atoms with Crippen LogP contribution in [0.4, 0.5) is 0 Å². The first-order valence-electron chi connectivity index (χ1n) is 7.27. The molecule has 24 heavy (non-hydrogen) atoms. The average molecular weight is 330 g/mol. The van der Waals surface area contributed by atoms with Crippen molar-refractivity contribution in [2.75, 3.05) is 0 Å². The van der Waals surface area contributed by atoms with Gasteiger partial charge < -0.3 is 14.4 Å². The molecule has 0 fully saturated rings. The first kappa shape index (κ1) is 17.4. The van der Waals surface area contributed by atoms with E-state index in [4.69, 9.17) is 4.74 Å². The van der Waals surface area contributed by atoms with Crippen molar-refractivity contribution in [3.63, 3.8) is 0 Å². The van der Waals surface area contributed by atoms with Gasteiger partial charge in [0.2, 0.25) is 0 Å². The molecule has 0 saturated carbocycles. The topological polar surface area (TPSA) is 98.5 Å². The minimum Gasteiger partial charge on any atom is -0.477 e. The molecule has 7 heteroatoms. The third-order valence-electron chi connectivity index (χ3n) is 3.03. The maximum atomic E-state index is 12.3. The van der Waals surface area contributed by atoms with Crippen molar-refractivity contribution in [1.29, 1.82) is 0 Å². The van der Waals surface area contributed by atoms with Gasteiger partial charge in [-0.1, -0.05) is 6.07 Å². The Morgan fingerprint density at radius 3 is 2.54 bits per heavy atom. The summed E-state index contributed by atoms with van der Waals surface area (Å²) in [4.78, 5) is 39.5. The molecular weight excluding hydrogens is 312 g/mol. The zero-order chi connectivity index (χ0) is 17.9. The van der Waals surface area contributed by atoms with Gasteiger partial charge >= 0.3 is 11.9 Å². The number of carbonyl (C=O) groups excluding carboxylic acids is 1. The van der Waals surface area contributed by atoms with Gasteiger partial charge in [0, 0.05) is 29.7 Å². The summed E-state index contributed by atoms with van der Waals surface area (Å²) in [5, 5.41) is 9.24. The van der Waals surface area contributed by atoms with Crippen LogP contribution in [0.3, 0.4) is 0 Å². The highest BCUT2D eigenvalue weighted by Gasteiger charge is 2.19. The molecule has 126 valence electrons. The van der Waals surface area contributed by atoms with E-state index in [1.165, 1.54) is 12.3 Å². The zero-order valence-electron chi connectivity index (χ0n) is 13.6. The Balaban J connectivity index is 2.47. The van der Waals surface area contributed by atoms with Crippen LogP contribution < -0.4 is 5.56 Å². The standard InChI is InChI=1S/C17H18N2O5/c1-17(2,3)24-14(20)10-19-9-12(11-5-4-6-18-8-11)7-13(15(19)21)16(22)23/h4-9H,10H2,1-3H3,(H,22,23). The number of carboxylic acids is 1. The molecule has 0 aliphatic rings. The van der Waals surface area contributed by atoms with Crippen LogP contribution >= 0.6 is 0 Å². The number of aromatic nitrogens is 2. The van der Waals surface area contributed by atoms with E-state index < -0.39 is 28.7 Å². The summed E-state index contributed by atoms with van der Waals surface area (Å²) in [5.74, 6) is -1.98. The number of hydrogen-bond donors (Lipinski definition) is 1. The molecule has 0 bridgehead atoms. The Hall–Kier alpha value is -2.96. The van der Waals surface area contributed by atoms with Gasteiger partial charge in [-0.25, -0.2) is 4.79 Å². The van der Waals surface area contributed by atoms with Crippen molar-refractivity contribution in [2.24, 2.45) is 0 Å². The van der Waals surface area contributed by atoms with Crippen molar-refractivity contribution in [1.82, 2.24) is 9.55 Å². The first-order chi connectivity index (χ1) is 11.2. The highest BCUT2D eigenvalue weighted by molar-refractivity contribution is 5.89. The highest BCUT2D eigenvalue weighted by Crippen LogP contribution is 2.18. The van der Waals surface area contributed by atoms with E-state index in [1.54, 1.807) is 45.3 Å². The molecule has 2 aromatic rings. The number of ether oxygens (including phenoxy) is 1. The van der Waals surface area contributed by atoms with Gasteiger partial charge in [0.15, 0.2) is 0 Å². The second-order valence-corrected chi connectivity index (χ2v) is 6.21. The second kappa shape index (κ2) is 6.66. The summed E-state index contributed by atoms with van der Waals surface area (Å²) < 4.78 is 6.23. The lowest BCUT2D eigenvalue weighted by molar-refractivity contribution is -0.155. The molecule has 2 heterocycles. The first-order valence-corrected chi connectivity index (χ1v) is 7.27. The van der Waals surface area contributed by atoms with Crippen LogP contribution in [0.1, 0.15) is 31.1 Å². The van der Waals surface area contributed by atoms with Crippen LogP contribution in [0.25, 0.3) is 11.1 Å². The third-order valence-corrected chi connectivity index (χ3v) is 3.03. The maximum Gasteiger partial charge on any atom is 0.341 e. The minimum atomic E-state index is -1.36. The SMILES string of the molecule is CC(C)(C)OC(=O)Cn1cc(-c2cccnc2)cc(C(=O)O)c1=O. The molecule has 2 rings (SSSR count). The quantitative estimate of drug-likeness (QED) is 0.860. The molecule has 0 aliphatic heterocycles. The number of carboxylic acid groups (broad SMARTS) is 1. The molecule has 0 amide bonds. The van der Waals surface area contributed by atoms with Crippen molar-refractivity contribution < 1.29 is 19.4 Å². The van der Waals surface area contributed by atoms with Gasteiger partial charge in [-0.2, -0.15) is 0 Å². The van der Waals surface area contributed by atoms with Gasteiger partial charge in [-0.3, -0.25) is 14.6 Å².